The molecule has 3 aromatic heterocycles. The maximum Gasteiger partial charge on any atom is 0.573 e. The Hall–Kier alpha value is -3.43. The van der Waals surface area contributed by atoms with Gasteiger partial charge in [0, 0.05) is 12.3 Å². The molecule has 0 aliphatic rings. The highest BCUT2D eigenvalue weighted by Gasteiger charge is 2.31. The lowest BCUT2D eigenvalue weighted by molar-refractivity contribution is -0.274. The predicted molar refractivity (Wildman–Crippen MR) is 85.3 cm³/mol. The van der Waals surface area contributed by atoms with Crippen LogP contribution in [0.4, 0.5) is 13.2 Å². The van der Waals surface area contributed by atoms with E-state index in [-0.39, 0.29) is 5.69 Å². The van der Waals surface area contributed by atoms with Crippen LogP contribution >= 0.6 is 0 Å². The molecule has 0 radical (unpaired) electrons. The third-order valence-electron chi connectivity index (χ3n) is 3.79. The van der Waals surface area contributed by atoms with Gasteiger partial charge in [-0.05, 0) is 25.1 Å². The van der Waals surface area contributed by atoms with Crippen LogP contribution in [0.5, 0.6) is 5.75 Å². The summed E-state index contributed by atoms with van der Waals surface area (Å²) in [7, 11) is 0. The number of alkyl halides is 3. The molecule has 0 aliphatic carbocycles. The third-order valence-corrected chi connectivity index (χ3v) is 3.79. The Morgan fingerprint density at radius 3 is 2.77 bits per heavy atom. The highest BCUT2D eigenvalue weighted by atomic mass is 19.4. The SMILES string of the molecule is Cc1nc2ncnn2c2ccn(-c3cccc(OC(F)(F)F)c3)c(=O)c12. The molecule has 0 fully saturated rings. The predicted octanol–water partition coefficient (Wildman–Crippen LogP) is 2.64. The van der Waals surface area contributed by atoms with E-state index in [0.717, 1.165) is 12.1 Å². The number of benzene rings is 1. The lowest BCUT2D eigenvalue weighted by Gasteiger charge is -2.12. The average molecular weight is 361 g/mol. The van der Waals surface area contributed by atoms with E-state index >= 15 is 0 Å². The fourth-order valence-corrected chi connectivity index (χ4v) is 2.76. The number of pyridine rings is 1. The summed E-state index contributed by atoms with van der Waals surface area (Å²) in [4.78, 5) is 21.1. The summed E-state index contributed by atoms with van der Waals surface area (Å²) in [5.41, 5.74) is 0.752. The quantitative estimate of drug-likeness (QED) is 0.549. The van der Waals surface area contributed by atoms with E-state index in [4.69, 9.17) is 0 Å². The molecule has 0 unspecified atom stereocenters. The molecule has 3 heterocycles. The largest absolute Gasteiger partial charge is 0.573 e. The Kier molecular flexibility index (Phi) is 3.43. The molecule has 0 bridgehead atoms. The standard InChI is InChI=1S/C16H10F3N5O2/c1-9-13-12(24-15(22-9)20-8-21-24)5-6-23(14(13)25)10-3-2-4-11(7-10)26-16(17,18)19/h2-8H,1H3. The maximum absolute atomic E-state index is 12.9. The van der Waals surface area contributed by atoms with Crippen molar-refractivity contribution in [2.75, 3.05) is 0 Å². The van der Waals surface area contributed by atoms with Crippen LogP contribution in [-0.2, 0) is 0 Å². The van der Waals surface area contributed by atoms with Gasteiger partial charge < -0.3 is 4.74 Å². The Morgan fingerprint density at radius 2 is 2.00 bits per heavy atom. The molecule has 0 saturated carbocycles. The number of aromatic nitrogens is 5. The molecule has 0 saturated heterocycles. The minimum absolute atomic E-state index is 0.233. The van der Waals surface area contributed by atoms with Crippen molar-refractivity contribution in [2.45, 2.75) is 13.3 Å². The van der Waals surface area contributed by atoms with Gasteiger partial charge in [0.2, 0.25) is 0 Å². The van der Waals surface area contributed by atoms with E-state index < -0.39 is 17.7 Å². The number of rotatable bonds is 2. The summed E-state index contributed by atoms with van der Waals surface area (Å²) in [6, 6.07) is 6.81. The lowest BCUT2D eigenvalue weighted by Crippen LogP contribution is -2.21. The van der Waals surface area contributed by atoms with E-state index in [1.165, 1.54) is 33.7 Å². The molecule has 4 aromatic rings. The van der Waals surface area contributed by atoms with Crippen LogP contribution in [0.2, 0.25) is 0 Å². The topological polar surface area (TPSA) is 74.3 Å². The summed E-state index contributed by atoms with van der Waals surface area (Å²) in [5.74, 6) is -0.0590. The van der Waals surface area contributed by atoms with Crippen LogP contribution < -0.4 is 10.3 Å². The van der Waals surface area contributed by atoms with Crippen molar-refractivity contribution < 1.29 is 17.9 Å². The van der Waals surface area contributed by atoms with Crippen LogP contribution in [0, 0.1) is 6.92 Å². The van der Waals surface area contributed by atoms with Gasteiger partial charge in [0.1, 0.15) is 12.1 Å². The third kappa shape index (κ3) is 2.65. The summed E-state index contributed by atoms with van der Waals surface area (Å²) in [6.45, 7) is 1.66. The van der Waals surface area contributed by atoms with Crippen molar-refractivity contribution in [3.63, 3.8) is 0 Å². The van der Waals surface area contributed by atoms with E-state index in [9.17, 15) is 18.0 Å². The lowest BCUT2D eigenvalue weighted by atomic mass is 10.2. The highest BCUT2D eigenvalue weighted by Crippen LogP contribution is 2.24. The van der Waals surface area contributed by atoms with Crippen molar-refractivity contribution in [1.82, 2.24) is 24.1 Å². The minimum atomic E-state index is -4.81. The molecule has 0 amide bonds. The van der Waals surface area contributed by atoms with Gasteiger partial charge in [-0.25, -0.2) is 4.98 Å². The summed E-state index contributed by atoms with van der Waals surface area (Å²) in [5, 5.41) is 4.33. The van der Waals surface area contributed by atoms with Crippen molar-refractivity contribution in [3.05, 3.63) is 58.9 Å². The van der Waals surface area contributed by atoms with Gasteiger partial charge in [0.15, 0.2) is 0 Å². The van der Waals surface area contributed by atoms with Crippen molar-refractivity contribution in [1.29, 1.82) is 0 Å². The normalized spacial score (nSPS) is 12.0. The number of halogens is 3. The maximum atomic E-state index is 12.9. The Balaban J connectivity index is 1.92. The van der Waals surface area contributed by atoms with Gasteiger partial charge in [-0.2, -0.15) is 14.6 Å². The van der Waals surface area contributed by atoms with E-state index in [1.807, 2.05) is 0 Å². The van der Waals surface area contributed by atoms with Crippen LogP contribution in [0.25, 0.3) is 22.4 Å². The molecule has 0 N–H and O–H groups in total. The van der Waals surface area contributed by atoms with Gasteiger partial charge >= 0.3 is 6.36 Å². The molecule has 132 valence electrons. The van der Waals surface area contributed by atoms with Gasteiger partial charge in [-0.1, -0.05) is 6.07 Å². The van der Waals surface area contributed by atoms with Gasteiger partial charge in [0.05, 0.1) is 22.3 Å². The van der Waals surface area contributed by atoms with Crippen molar-refractivity contribution in [3.8, 4) is 11.4 Å². The van der Waals surface area contributed by atoms with Gasteiger partial charge in [-0.3, -0.25) is 9.36 Å². The second kappa shape index (κ2) is 5.55. The molecule has 1 aromatic carbocycles. The number of nitrogens with zero attached hydrogens (tertiary/aromatic N) is 5. The second-order valence-corrected chi connectivity index (χ2v) is 5.47. The molecule has 0 atom stereocenters. The highest BCUT2D eigenvalue weighted by molar-refractivity contribution is 5.82. The van der Waals surface area contributed by atoms with E-state index in [2.05, 4.69) is 19.8 Å². The van der Waals surface area contributed by atoms with Gasteiger partial charge in [-0.15, -0.1) is 13.2 Å². The molecular formula is C16H10F3N5O2. The fraction of sp³-hybridized carbons (Fsp3) is 0.125. The smallest absolute Gasteiger partial charge is 0.406 e. The van der Waals surface area contributed by atoms with Crippen LogP contribution in [-0.4, -0.2) is 30.5 Å². The van der Waals surface area contributed by atoms with Crippen molar-refractivity contribution in [2.24, 2.45) is 0 Å². The summed E-state index contributed by atoms with van der Waals surface area (Å²) >= 11 is 0. The van der Waals surface area contributed by atoms with Crippen LogP contribution in [0.3, 0.4) is 0 Å². The zero-order chi connectivity index (χ0) is 18.5. The number of ether oxygens (including phenoxy) is 1. The molecule has 26 heavy (non-hydrogen) atoms. The summed E-state index contributed by atoms with van der Waals surface area (Å²) in [6.07, 6.45) is -2.03. The first kappa shape index (κ1) is 16.1. The molecule has 7 nitrogen and oxygen atoms in total. The fourth-order valence-electron chi connectivity index (χ4n) is 2.76. The van der Waals surface area contributed by atoms with E-state index in [1.54, 1.807) is 13.0 Å². The second-order valence-electron chi connectivity index (χ2n) is 5.47. The zero-order valence-electron chi connectivity index (χ0n) is 13.2. The Labute approximate surface area is 143 Å². The first-order chi connectivity index (χ1) is 12.3. The minimum Gasteiger partial charge on any atom is -0.406 e. The molecule has 0 spiro atoms. The Morgan fingerprint density at radius 1 is 1.19 bits per heavy atom. The molecule has 4 rings (SSSR count). The molecular weight excluding hydrogens is 351 g/mol. The van der Waals surface area contributed by atoms with Gasteiger partial charge in [0.25, 0.3) is 11.3 Å². The first-order valence-electron chi connectivity index (χ1n) is 7.41. The molecule has 10 heteroatoms. The van der Waals surface area contributed by atoms with Crippen LogP contribution in [0.15, 0.2) is 47.7 Å². The summed E-state index contributed by atoms with van der Waals surface area (Å²) < 4.78 is 43.8. The van der Waals surface area contributed by atoms with Crippen molar-refractivity contribution >= 4 is 16.7 Å². The Bertz CT molecular complexity index is 1200. The van der Waals surface area contributed by atoms with E-state index in [0.29, 0.717) is 22.4 Å². The number of fused-ring (bicyclic) bond motifs is 3. The number of aryl methyl sites for hydroxylation is 1. The zero-order valence-corrected chi connectivity index (χ0v) is 13.2. The number of hydrogen-bond donors (Lipinski definition) is 0. The first-order valence-corrected chi connectivity index (χ1v) is 7.41. The average Bonchev–Trinajstić information content (AvgIpc) is 3.02. The molecule has 0 aliphatic heterocycles. The number of hydrogen-bond acceptors (Lipinski definition) is 5. The monoisotopic (exact) mass is 361 g/mol. The van der Waals surface area contributed by atoms with Crippen LogP contribution in [0.1, 0.15) is 5.69 Å².